The van der Waals surface area contributed by atoms with Crippen LogP contribution in [0.4, 0.5) is 18.9 Å². The average molecular weight is 490 g/mol. The standard InChI is InChI=1S/C24H26F3N5OS/c25-24(26,27)16-3-6-20-19(11-16)21(7-8-28-20)30-12-22(33)31-17-13-32(14-17)18-4-1-15(2-5-18)23-29-9-10-34-23/h3,6-11,15,17-18H,1-2,4-5,12-14H2,(H,28,30)(H,31,33). The minimum absolute atomic E-state index is 0.00915. The Morgan fingerprint density at radius 1 is 1.09 bits per heavy atom. The Hall–Kier alpha value is -2.72. The number of anilines is 1. The average Bonchev–Trinajstić information content (AvgIpc) is 3.34. The SMILES string of the molecule is O=C(CNc1ccnc2ccc(C(F)(F)F)cc12)NC1CN(C2CCC(c3nccs3)CC2)C1. The molecule has 1 saturated heterocycles. The molecule has 2 aliphatic rings. The fourth-order valence-corrected chi connectivity index (χ4v) is 5.77. The second-order valence-electron chi connectivity index (χ2n) is 9.04. The summed E-state index contributed by atoms with van der Waals surface area (Å²) in [4.78, 5) is 23.5. The van der Waals surface area contributed by atoms with Gasteiger partial charge in [0.25, 0.3) is 0 Å². The van der Waals surface area contributed by atoms with Gasteiger partial charge in [0.05, 0.1) is 28.7 Å². The molecule has 6 nitrogen and oxygen atoms in total. The number of amides is 1. The van der Waals surface area contributed by atoms with Crippen molar-refractivity contribution in [3.63, 3.8) is 0 Å². The van der Waals surface area contributed by atoms with Crippen molar-refractivity contribution < 1.29 is 18.0 Å². The molecule has 2 N–H and O–H groups in total. The van der Waals surface area contributed by atoms with E-state index in [0.29, 0.717) is 28.6 Å². The quantitative estimate of drug-likeness (QED) is 0.528. The van der Waals surface area contributed by atoms with E-state index in [2.05, 4.69) is 25.5 Å². The lowest BCUT2D eigenvalue weighted by Gasteiger charge is -2.46. The molecule has 1 aliphatic carbocycles. The molecule has 0 atom stereocenters. The number of likely N-dealkylation sites (tertiary alicyclic amines) is 1. The molecule has 3 aromatic rings. The molecule has 1 aromatic carbocycles. The van der Waals surface area contributed by atoms with Crippen LogP contribution in [0.15, 0.2) is 42.0 Å². The largest absolute Gasteiger partial charge is 0.416 e. The van der Waals surface area contributed by atoms with E-state index in [-0.39, 0.29) is 18.5 Å². The number of aromatic nitrogens is 2. The molecule has 0 unspecified atom stereocenters. The molecular weight excluding hydrogens is 463 g/mol. The Morgan fingerprint density at radius 2 is 1.88 bits per heavy atom. The lowest BCUT2D eigenvalue weighted by Crippen LogP contribution is -2.62. The van der Waals surface area contributed by atoms with Gasteiger partial charge in [0, 0.05) is 53.9 Å². The zero-order valence-corrected chi connectivity index (χ0v) is 19.3. The number of thiazole rings is 1. The highest BCUT2D eigenvalue weighted by Crippen LogP contribution is 2.37. The number of benzene rings is 1. The molecule has 180 valence electrons. The first-order valence-corrected chi connectivity index (χ1v) is 12.4. The van der Waals surface area contributed by atoms with Crippen molar-refractivity contribution in [2.45, 2.75) is 49.9 Å². The van der Waals surface area contributed by atoms with E-state index in [1.165, 1.54) is 17.3 Å². The number of halogens is 3. The summed E-state index contributed by atoms with van der Waals surface area (Å²) in [5.41, 5.74) is 0.159. The van der Waals surface area contributed by atoms with Crippen LogP contribution in [0.3, 0.4) is 0 Å². The highest BCUT2D eigenvalue weighted by atomic mass is 32.1. The van der Waals surface area contributed by atoms with Gasteiger partial charge in [-0.1, -0.05) is 0 Å². The second kappa shape index (κ2) is 9.50. The third kappa shape index (κ3) is 5.02. The Bertz CT molecular complexity index is 1140. The maximum Gasteiger partial charge on any atom is 0.416 e. The number of hydrogen-bond donors (Lipinski definition) is 2. The van der Waals surface area contributed by atoms with Crippen molar-refractivity contribution in [3.05, 3.63) is 52.6 Å². The van der Waals surface area contributed by atoms with E-state index in [4.69, 9.17) is 0 Å². The summed E-state index contributed by atoms with van der Waals surface area (Å²) < 4.78 is 39.3. The van der Waals surface area contributed by atoms with Crippen LogP contribution in [0.1, 0.15) is 42.2 Å². The summed E-state index contributed by atoms with van der Waals surface area (Å²) in [5, 5.41) is 9.62. The van der Waals surface area contributed by atoms with Crippen molar-refractivity contribution in [2.75, 3.05) is 25.0 Å². The molecule has 5 rings (SSSR count). The van der Waals surface area contributed by atoms with Gasteiger partial charge in [-0.2, -0.15) is 13.2 Å². The number of carbonyl (C=O) groups is 1. The van der Waals surface area contributed by atoms with Gasteiger partial charge in [0.15, 0.2) is 0 Å². The van der Waals surface area contributed by atoms with Gasteiger partial charge < -0.3 is 10.6 Å². The third-order valence-electron chi connectivity index (χ3n) is 6.80. The normalized spacial score (nSPS) is 21.9. The highest BCUT2D eigenvalue weighted by Gasteiger charge is 2.36. The summed E-state index contributed by atoms with van der Waals surface area (Å²) in [6.07, 6.45) is 3.58. The van der Waals surface area contributed by atoms with Gasteiger partial charge in [-0.25, -0.2) is 4.98 Å². The molecular formula is C24H26F3N5OS. The van der Waals surface area contributed by atoms with Crippen LogP contribution in [0, 0.1) is 0 Å². The van der Waals surface area contributed by atoms with E-state index in [1.54, 1.807) is 17.4 Å². The number of hydrogen-bond acceptors (Lipinski definition) is 6. The Kier molecular flexibility index (Phi) is 6.44. The first-order chi connectivity index (χ1) is 16.4. The Morgan fingerprint density at radius 3 is 2.59 bits per heavy atom. The molecule has 0 spiro atoms. The first-order valence-electron chi connectivity index (χ1n) is 11.5. The minimum Gasteiger partial charge on any atom is -0.376 e. The van der Waals surface area contributed by atoms with Gasteiger partial charge in [-0.15, -0.1) is 11.3 Å². The van der Waals surface area contributed by atoms with Gasteiger partial charge in [0.1, 0.15) is 0 Å². The highest BCUT2D eigenvalue weighted by molar-refractivity contribution is 7.09. The summed E-state index contributed by atoms with van der Waals surface area (Å²) in [5.74, 6) is 0.407. The molecule has 3 heterocycles. The molecule has 1 aliphatic heterocycles. The van der Waals surface area contributed by atoms with E-state index in [9.17, 15) is 18.0 Å². The number of alkyl halides is 3. The fourth-order valence-electron chi connectivity index (χ4n) is 4.96. The van der Waals surface area contributed by atoms with E-state index >= 15 is 0 Å². The fraction of sp³-hybridized carbons (Fsp3) is 0.458. The number of nitrogens with zero attached hydrogens (tertiary/aromatic N) is 3. The van der Waals surface area contributed by atoms with Crippen LogP contribution >= 0.6 is 11.3 Å². The summed E-state index contributed by atoms with van der Waals surface area (Å²) >= 11 is 1.74. The Balaban J connectivity index is 1.09. The summed E-state index contributed by atoms with van der Waals surface area (Å²) in [6.45, 7) is 1.67. The predicted molar refractivity (Wildman–Crippen MR) is 126 cm³/mol. The van der Waals surface area contributed by atoms with Crippen molar-refractivity contribution in [3.8, 4) is 0 Å². The molecule has 1 saturated carbocycles. The van der Waals surface area contributed by atoms with Gasteiger partial charge in [-0.05, 0) is 49.9 Å². The van der Waals surface area contributed by atoms with Gasteiger partial charge >= 0.3 is 6.18 Å². The van der Waals surface area contributed by atoms with Crippen LogP contribution in [0.2, 0.25) is 0 Å². The van der Waals surface area contributed by atoms with Crippen LogP contribution < -0.4 is 10.6 Å². The van der Waals surface area contributed by atoms with E-state index in [1.807, 2.05) is 11.6 Å². The summed E-state index contributed by atoms with van der Waals surface area (Å²) in [7, 11) is 0. The van der Waals surface area contributed by atoms with Gasteiger partial charge in [0.2, 0.25) is 5.91 Å². The number of nitrogens with one attached hydrogen (secondary N) is 2. The smallest absolute Gasteiger partial charge is 0.376 e. The zero-order chi connectivity index (χ0) is 23.7. The molecule has 2 fully saturated rings. The number of carbonyl (C=O) groups excluding carboxylic acids is 1. The predicted octanol–water partition coefficient (Wildman–Crippen LogP) is 4.65. The van der Waals surface area contributed by atoms with Crippen molar-refractivity contribution in [1.29, 1.82) is 0 Å². The van der Waals surface area contributed by atoms with Crippen LogP contribution in [0.5, 0.6) is 0 Å². The third-order valence-corrected chi connectivity index (χ3v) is 7.73. The lowest BCUT2D eigenvalue weighted by molar-refractivity contribution is -0.137. The molecule has 0 radical (unpaired) electrons. The molecule has 0 bridgehead atoms. The molecule has 34 heavy (non-hydrogen) atoms. The second-order valence-corrected chi connectivity index (χ2v) is 9.96. The van der Waals surface area contributed by atoms with E-state index in [0.717, 1.165) is 50.9 Å². The molecule has 10 heteroatoms. The number of rotatable bonds is 6. The summed E-state index contributed by atoms with van der Waals surface area (Å²) in [6, 6.07) is 5.68. The molecule has 1 amide bonds. The first kappa shape index (κ1) is 23.0. The maximum absolute atomic E-state index is 13.1. The number of fused-ring (bicyclic) bond motifs is 1. The lowest BCUT2D eigenvalue weighted by atomic mass is 9.84. The van der Waals surface area contributed by atoms with Crippen LogP contribution in [0.25, 0.3) is 10.9 Å². The maximum atomic E-state index is 13.1. The van der Waals surface area contributed by atoms with Crippen LogP contribution in [-0.4, -0.2) is 52.5 Å². The van der Waals surface area contributed by atoms with Gasteiger partial charge in [-0.3, -0.25) is 14.7 Å². The van der Waals surface area contributed by atoms with Crippen LogP contribution in [-0.2, 0) is 11.0 Å². The van der Waals surface area contributed by atoms with Crippen molar-refractivity contribution in [1.82, 2.24) is 20.2 Å². The number of pyridine rings is 1. The van der Waals surface area contributed by atoms with Crippen molar-refractivity contribution in [2.24, 2.45) is 0 Å². The minimum atomic E-state index is -4.44. The zero-order valence-electron chi connectivity index (χ0n) is 18.5. The van der Waals surface area contributed by atoms with Crippen molar-refractivity contribution >= 4 is 33.8 Å². The topological polar surface area (TPSA) is 70.2 Å². The molecule has 2 aromatic heterocycles. The monoisotopic (exact) mass is 489 g/mol. The Labute approximate surface area is 199 Å². The van der Waals surface area contributed by atoms with E-state index < -0.39 is 11.7 Å².